The van der Waals surface area contributed by atoms with Gasteiger partial charge >= 0.3 is 0 Å². The molecule has 0 heterocycles. The van der Waals surface area contributed by atoms with Crippen LogP contribution in [0.15, 0.2) is 12.1 Å². The molecule has 0 aliphatic carbocycles. The molecule has 0 fully saturated rings. The first-order valence-electron chi connectivity index (χ1n) is 3.07. The topological polar surface area (TPSA) is 20.2 Å². The average Bonchev–Trinajstić information content (AvgIpc) is 1.82. The van der Waals surface area contributed by atoms with Crippen molar-refractivity contribution in [3.05, 3.63) is 29.1 Å². The zero-order valence-electron chi connectivity index (χ0n) is 6.56. The van der Waals surface area contributed by atoms with E-state index >= 15 is 0 Å². The largest absolute Gasteiger partial charge is 0.507 e. The van der Waals surface area contributed by atoms with Crippen LogP contribution >= 0.6 is 0 Å². The van der Waals surface area contributed by atoms with E-state index in [4.69, 9.17) is 5.11 Å². The van der Waals surface area contributed by atoms with E-state index in [0.717, 1.165) is 0 Å². The summed E-state index contributed by atoms with van der Waals surface area (Å²) < 4.78 is 12.5. The van der Waals surface area contributed by atoms with E-state index in [0.29, 0.717) is 11.1 Å². The quantitative estimate of drug-likeness (QED) is 0.722. The van der Waals surface area contributed by atoms with Gasteiger partial charge < -0.3 is 5.11 Å². The summed E-state index contributed by atoms with van der Waals surface area (Å²) in [7, 11) is 0. The molecule has 0 saturated carbocycles. The van der Waals surface area contributed by atoms with E-state index in [1.54, 1.807) is 13.8 Å². The molecule has 1 aromatic rings. The van der Waals surface area contributed by atoms with Crippen molar-refractivity contribution in [3.8, 4) is 5.75 Å². The summed E-state index contributed by atoms with van der Waals surface area (Å²) in [5, 5.41) is 9.16. The minimum absolute atomic E-state index is 0. The number of phenols is 1. The van der Waals surface area contributed by atoms with Crippen LogP contribution in [0.4, 0.5) is 4.39 Å². The molecular weight excluding hydrogens is 220 g/mol. The van der Waals surface area contributed by atoms with Gasteiger partial charge in [0.1, 0.15) is 11.6 Å². The van der Waals surface area contributed by atoms with Crippen LogP contribution in [0.3, 0.4) is 0 Å². The second-order valence-corrected chi connectivity index (χ2v) is 2.39. The van der Waals surface area contributed by atoms with Crippen molar-refractivity contribution in [1.82, 2.24) is 0 Å². The Balaban J connectivity index is 0.000001000. The van der Waals surface area contributed by atoms with Crippen LogP contribution in [0, 0.1) is 19.7 Å². The van der Waals surface area contributed by atoms with E-state index in [1.165, 1.54) is 12.1 Å². The molecule has 57 valence electrons. The Labute approximate surface area is 90.5 Å². The Morgan fingerprint density at radius 2 is 1.55 bits per heavy atom. The molecule has 0 atom stereocenters. The van der Waals surface area contributed by atoms with Crippen LogP contribution in [-0.2, 0) is 32.7 Å². The van der Waals surface area contributed by atoms with Crippen LogP contribution in [-0.4, -0.2) is 5.11 Å². The summed E-state index contributed by atoms with van der Waals surface area (Å²) in [4.78, 5) is 0. The summed E-state index contributed by atoms with van der Waals surface area (Å²) in [6.07, 6.45) is 0. The van der Waals surface area contributed by atoms with Crippen LogP contribution in [0.25, 0.3) is 0 Å². The Hall–Kier alpha value is 0.0539. The number of aryl methyl sites for hydroxylation is 2. The second-order valence-electron chi connectivity index (χ2n) is 2.39. The van der Waals surface area contributed by atoms with Gasteiger partial charge in [0.2, 0.25) is 0 Å². The third-order valence-electron chi connectivity index (χ3n) is 1.46. The number of hydrogen-bond acceptors (Lipinski definition) is 1. The molecule has 1 aromatic carbocycles. The maximum Gasteiger partial charge on any atom is 0.124 e. The fraction of sp³-hybridized carbons (Fsp3) is 0.250. The molecule has 11 heavy (non-hydrogen) atoms. The average molecular weight is 229 g/mol. The molecule has 0 saturated heterocycles. The number of phenolic OH excluding ortho intramolecular Hbond substituents is 1. The fourth-order valence-electron chi connectivity index (χ4n) is 0.903. The van der Waals surface area contributed by atoms with Crippen molar-refractivity contribution in [2.75, 3.05) is 0 Å². The van der Waals surface area contributed by atoms with E-state index in [9.17, 15) is 4.39 Å². The molecule has 0 aromatic heterocycles. The normalized spacial score (nSPS) is 9.00. The van der Waals surface area contributed by atoms with Crippen LogP contribution in [0.5, 0.6) is 5.75 Å². The van der Waals surface area contributed by atoms with Gasteiger partial charge in [0, 0.05) is 32.7 Å². The third-order valence-corrected chi connectivity index (χ3v) is 1.46. The summed E-state index contributed by atoms with van der Waals surface area (Å²) >= 11 is 0. The minimum Gasteiger partial charge on any atom is -0.507 e. The predicted molar refractivity (Wildman–Crippen MR) is 37.5 cm³/mol. The van der Waals surface area contributed by atoms with Crippen molar-refractivity contribution >= 4 is 0 Å². The van der Waals surface area contributed by atoms with Crippen molar-refractivity contribution in [2.24, 2.45) is 0 Å². The third kappa shape index (κ3) is 2.53. The number of rotatable bonds is 0. The van der Waals surface area contributed by atoms with Gasteiger partial charge in [0.25, 0.3) is 0 Å². The molecule has 0 aliphatic rings. The number of halogens is 1. The first-order valence-corrected chi connectivity index (χ1v) is 3.07. The summed E-state index contributed by atoms with van der Waals surface area (Å²) in [6.45, 7) is 3.34. The Kier molecular flexibility index (Phi) is 4.19. The van der Waals surface area contributed by atoms with E-state index in [-0.39, 0.29) is 44.3 Å². The summed E-state index contributed by atoms with van der Waals surface area (Å²) in [5.74, 6) is -0.116. The standard InChI is InChI=1S/C8H9FO.Y/c1-5-3-7(9)4-6(2)8(5)10;/h3-4,10H,1-2H3;. The van der Waals surface area contributed by atoms with Gasteiger partial charge in [0.05, 0.1) is 0 Å². The number of aromatic hydroxyl groups is 1. The number of benzene rings is 1. The van der Waals surface area contributed by atoms with Gasteiger partial charge in [-0.3, -0.25) is 0 Å². The van der Waals surface area contributed by atoms with Gasteiger partial charge in [0.15, 0.2) is 0 Å². The maximum atomic E-state index is 12.5. The van der Waals surface area contributed by atoms with Gasteiger partial charge in [-0.25, -0.2) is 4.39 Å². The van der Waals surface area contributed by atoms with Crippen LogP contribution in [0.2, 0.25) is 0 Å². The van der Waals surface area contributed by atoms with Crippen LogP contribution < -0.4 is 0 Å². The molecule has 1 rings (SSSR count). The van der Waals surface area contributed by atoms with Crippen molar-refractivity contribution in [3.63, 3.8) is 0 Å². The van der Waals surface area contributed by atoms with E-state index in [2.05, 4.69) is 0 Å². The first kappa shape index (κ1) is 11.1. The predicted octanol–water partition coefficient (Wildman–Crippen LogP) is 2.15. The van der Waals surface area contributed by atoms with Gasteiger partial charge in [-0.2, -0.15) is 0 Å². The fourth-order valence-corrected chi connectivity index (χ4v) is 0.903. The molecule has 0 spiro atoms. The minimum atomic E-state index is -0.298. The zero-order chi connectivity index (χ0) is 7.72. The van der Waals surface area contributed by atoms with Crippen LogP contribution in [0.1, 0.15) is 11.1 Å². The van der Waals surface area contributed by atoms with Crippen molar-refractivity contribution < 1.29 is 42.2 Å². The molecule has 1 radical (unpaired) electrons. The molecule has 1 nitrogen and oxygen atoms in total. The molecular formula is C8H9FOY. The monoisotopic (exact) mass is 229 g/mol. The maximum absolute atomic E-state index is 12.5. The summed E-state index contributed by atoms with van der Waals surface area (Å²) in [5.41, 5.74) is 1.16. The SMILES string of the molecule is Cc1cc(F)cc(C)c1O.[Y]. The van der Waals surface area contributed by atoms with Gasteiger partial charge in [-0.15, -0.1) is 0 Å². The molecule has 0 aliphatic heterocycles. The second kappa shape index (κ2) is 4.17. The molecule has 1 N–H and O–H groups in total. The Morgan fingerprint density at radius 1 is 1.18 bits per heavy atom. The van der Waals surface area contributed by atoms with Gasteiger partial charge in [-0.1, -0.05) is 0 Å². The van der Waals surface area contributed by atoms with E-state index in [1.807, 2.05) is 0 Å². The van der Waals surface area contributed by atoms with Gasteiger partial charge in [-0.05, 0) is 37.1 Å². The summed E-state index contributed by atoms with van der Waals surface area (Å²) in [6, 6.07) is 2.62. The molecule has 0 amide bonds. The van der Waals surface area contributed by atoms with E-state index < -0.39 is 0 Å². The molecule has 0 unspecified atom stereocenters. The smallest absolute Gasteiger partial charge is 0.124 e. The number of hydrogen-bond donors (Lipinski definition) is 1. The first-order chi connectivity index (χ1) is 4.61. The molecule has 3 heteroatoms. The zero-order valence-corrected chi connectivity index (χ0v) is 9.40. The Bertz CT molecular complexity index is 237. The molecule has 0 bridgehead atoms. The van der Waals surface area contributed by atoms with Crippen molar-refractivity contribution in [1.29, 1.82) is 0 Å². The Morgan fingerprint density at radius 3 is 1.91 bits per heavy atom. The van der Waals surface area contributed by atoms with Crippen molar-refractivity contribution in [2.45, 2.75) is 13.8 Å².